The third-order valence-electron chi connectivity index (χ3n) is 6.15. The van der Waals surface area contributed by atoms with Crippen molar-refractivity contribution in [1.82, 2.24) is 19.7 Å². The van der Waals surface area contributed by atoms with Gasteiger partial charge in [0.1, 0.15) is 6.04 Å². The predicted molar refractivity (Wildman–Crippen MR) is 126 cm³/mol. The molecule has 0 spiro atoms. The third kappa shape index (κ3) is 3.17. The number of aliphatic imine (C=N–C) groups is 1. The van der Waals surface area contributed by atoms with E-state index in [9.17, 15) is 14.4 Å². The van der Waals surface area contributed by atoms with Gasteiger partial charge in [-0.25, -0.2) is 14.8 Å². The number of para-hydroxylation sites is 1. The number of carbonyl (C=O) groups is 3. The van der Waals surface area contributed by atoms with Crippen LogP contribution in [0.2, 0.25) is 0 Å². The molecule has 2 aromatic heterocycles. The largest absolute Gasteiger partial charge is 0.461 e. The molecule has 0 saturated carbocycles. The number of anilines is 1. The molecular formula is C25H20N6O4. The summed E-state index contributed by atoms with van der Waals surface area (Å²) in [6, 6.07) is 6.81. The number of nitrogens with one attached hydrogen (secondary N) is 1. The SMILES string of the molecule is CC(C)OC(=O)C1Cc2cccc3c2N1C=CN=C3C1=C(c2cnc3ncccn23)C(=O)NC1=O. The van der Waals surface area contributed by atoms with Crippen LogP contribution in [0.1, 0.15) is 30.7 Å². The number of carbonyl (C=O) groups excluding carboxylic acids is 3. The zero-order valence-corrected chi connectivity index (χ0v) is 18.9. The fourth-order valence-corrected chi connectivity index (χ4v) is 4.79. The number of hydrogen-bond donors (Lipinski definition) is 1. The highest BCUT2D eigenvalue weighted by Gasteiger charge is 2.41. The Morgan fingerprint density at radius 3 is 2.80 bits per heavy atom. The van der Waals surface area contributed by atoms with Crippen LogP contribution in [-0.2, 0) is 25.5 Å². The highest BCUT2D eigenvalue weighted by Crippen LogP contribution is 2.40. The molecule has 0 bridgehead atoms. The van der Waals surface area contributed by atoms with Gasteiger partial charge in [0, 0.05) is 36.8 Å². The molecule has 174 valence electrons. The number of rotatable bonds is 4. The normalized spacial score (nSPS) is 18.8. The second kappa shape index (κ2) is 7.73. The Balaban J connectivity index is 1.52. The fourth-order valence-electron chi connectivity index (χ4n) is 4.79. The van der Waals surface area contributed by atoms with Crippen LogP contribution in [0.25, 0.3) is 11.4 Å². The standard InChI is InChI=1S/C25H20N6O4/c1-13(2)35-24(34)16-11-14-5-3-6-15-20(26-8-10-30(16)21(14)15)19-18(22(32)29-23(19)33)17-12-28-25-27-7-4-9-31(17)25/h3-10,12-13,16H,11H2,1-2H3,(H,29,32,33). The Morgan fingerprint density at radius 2 is 1.97 bits per heavy atom. The molecule has 1 atom stereocenters. The maximum atomic E-state index is 13.1. The lowest BCUT2D eigenvalue weighted by Crippen LogP contribution is -2.37. The van der Waals surface area contributed by atoms with Gasteiger partial charge in [-0.15, -0.1) is 0 Å². The molecule has 1 unspecified atom stereocenters. The first-order valence-electron chi connectivity index (χ1n) is 11.2. The van der Waals surface area contributed by atoms with Crippen molar-refractivity contribution in [2.75, 3.05) is 4.90 Å². The number of benzene rings is 1. The second-order valence-corrected chi connectivity index (χ2v) is 8.67. The molecule has 10 nitrogen and oxygen atoms in total. The molecule has 35 heavy (non-hydrogen) atoms. The van der Waals surface area contributed by atoms with E-state index in [1.807, 2.05) is 36.9 Å². The van der Waals surface area contributed by atoms with Crippen LogP contribution in [0.15, 0.2) is 65.8 Å². The molecule has 3 aliphatic heterocycles. The molecule has 10 heteroatoms. The van der Waals surface area contributed by atoms with E-state index >= 15 is 0 Å². The number of imidazole rings is 1. The molecule has 0 aliphatic carbocycles. The topological polar surface area (TPSA) is 118 Å². The lowest BCUT2D eigenvalue weighted by atomic mass is 9.94. The minimum Gasteiger partial charge on any atom is -0.461 e. The van der Waals surface area contributed by atoms with Crippen molar-refractivity contribution in [2.45, 2.75) is 32.4 Å². The van der Waals surface area contributed by atoms with Crippen molar-refractivity contribution in [3.63, 3.8) is 0 Å². The average Bonchev–Trinajstić information content (AvgIpc) is 3.45. The minimum atomic E-state index is -0.546. The molecular weight excluding hydrogens is 448 g/mol. The predicted octanol–water partition coefficient (Wildman–Crippen LogP) is 1.80. The number of esters is 1. The summed E-state index contributed by atoms with van der Waals surface area (Å²) < 4.78 is 7.13. The lowest BCUT2D eigenvalue weighted by Gasteiger charge is -2.23. The summed E-state index contributed by atoms with van der Waals surface area (Å²) in [6.07, 6.45) is 8.31. The number of aromatic nitrogens is 3. The Morgan fingerprint density at radius 1 is 1.14 bits per heavy atom. The third-order valence-corrected chi connectivity index (χ3v) is 6.15. The van der Waals surface area contributed by atoms with E-state index in [4.69, 9.17) is 4.74 Å². The van der Waals surface area contributed by atoms with E-state index in [0.29, 0.717) is 29.2 Å². The zero-order valence-electron chi connectivity index (χ0n) is 18.9. The van der Waals surface area contributed by atoms with Crippen molar-refractivity contribution in [2.24, 2.45) is 4.99 Å². The van der Waals surface area contributed by atoms with Gasteiger partial charge < -0.3 is 9.64 Å². The van der Waals surface area contributed by atoms with Crippen molar-refractivity contribution >= 4 is 40.5 Å². The molecule has 6 rings (SSSR count). The summed E-state index contributed by atoms with van der Waals surface area (Å²) in [5, 5.41) is 2.40. The van der Waals surface area contributed by atoms with Gasteiger partial charge in [0.05, 0.1) is 40.5 Å². The summed E-state index contributed by atoms with van der Waals surface area (Å²) in [6.45, 7) is 3.62. The lowest BCUT2D eigenvalue weighted by molar-refractivity contribution is -0.148. The van der Waals surface area contributed by atoms with Gasteiger partial charge in [0.2, 0.25) is 5.78 Å². The van der Waals surface area contributed by atoms with Crippen LogP contribution in [0.4, 0.5) is 5.69 Å². The molecule has 2 amide bonds. The van der Waals surface area contributed by atoms with Gasteiger partial charge in [-0.1, -0.05) is 18.2 Å². The number of hydrogen-bond acceptors (Lipinski definition) is 8. The molecule has 3 aromatic rings. The van der Waals surface area contributed by atoms with Crippen LogP contribution >= 0.6 is 0 Å². The summed E-state index contributed by atoms with van der Waals surface area (Å²) in [5.41, 5.74) is 3.44. The van der Waals surface area contributed by atoms with Crippen molar-refractivity contribution in [1.29, 1.82) is 0 Å². The highest BCUT2D eigenvalue weighted by molar-refractivity contribution is 6.47. The van der Waals surface area contributed by atoms with Crippen molar-refractivity contribution in [3.05, 3.63) is 77.6 Å². The zero-order chi connectivity index (χ0) is 24.3. The number of fused-ring (bicyclic) bond motifs is 1. The molecule has 3 aliphatic rings. The Kier molecular flexibility index (Phi) is 4.63. The number of ether oxygens (including phenoxy) is 1. The molecule has 5 heterocycles. The van der Waals surface area contributed by atoms with E-state index in [2.05, 4.69) is 20.3 Å². The highest BCUT2D eigenvalue weighted by atomic mass is 16.5. The quantitative estimate of drug-likeness (QED) is 0.458. The van der Waals surface area contributed by atoms with Crippen LogP contribution in [0.5, 0.6) is 0 Å². The minimum absolute atomic E-state index is 0.147. The molecule has 0 radical (unpaired) electrons. The molecule has 1 N–H and O–H groups in total. The molecule has 0 fully saturated rings. The van der Waals surface area contributed by atoms with Gasteiger partial charge in [0.15, 0.2) is 0 Å². The van der Waals surface area contributed by atoms with Gasteiger partial charge in [-0.2, -0.15) is 0 Å². The average molecular weight is 468 g/mol. The molecule has 0 saturated heterocycles. The summed E-state index contributed by atoms with van der Waals surface area (Å²) in [4.78, 5) is 53.8. The summed E-state index contributed by atoms with van der Waals surface area (Å²) >= 11 is 0. The second-order valence-electron chi connectivity index (χ2n) is 8.67. The van der Waals surface area contributed by atoms with Crippen LogP contribution in [0, 0.1) is 0 Å². The first-order chi connectivity index (χ1) is 16.9. The van der Waals surface area contributed by atoms with E-state index in [0.717, 1.165) is 11.3 Å². The Bertz CT molecular complexity index is 1530. The smallest absolute Gasteiger partial charge is 0.329 e. The number of nitrogens with zero attached hydrogens (tertiary/aromatic N) is 5. The monoisotopic (exact) mass is 468 g/mol. The van der Waals surface area contributed by atoms with E-state index in [-0.39, 0.29) is 23.2 Å². The Hall–Kier alpha value is -4.60. The Labute approximate surface area is 199 Å². The van der Waals surface area contributed by atoms with Crippen LogP contribution in [0.3, 0.4) is 0 Å². The van der Waals surface area contributed by atoms with Gasteiger partial charge >= 0.3 is 5.97 Å². The summed E-state index contributed by atoms with van der Waals surface area (Å²) in [7, 11) is 0. The van der Waals surface area contributed by atoms with Gasteiger partial charge in [-0.05, 0) is 25.5 Å². The summed E-state index contributed by atoms with van der Waals surface area (Å²) in [5.74, 6) is -1.00. The number of amides is 2. The van der Waals surface area contributed by atoms with E-state index < -0.39 is 17.9 Å². The van der Waals surface area contributed by atoms with Gasteiger partial charge in [0.25, 0.3) is 11.8 Å². The van der Waals surface area contributed by atoms with Crippen LogP contribution in [-0.4, -0.2) is 50.0 Å². The maximum Gasteiger partial charge on any atom is 0.329 e. The first kappa shape index (κ1) is 21.0. The van der Waals surface area contributed by atoms with Crippen molar-refractivity contribution in [3.8, 4) is 0 Å². The van der Waals surface area contributed by atoms with E-state index in [1.54, 1.807) is 29.1 Å². The van der Waals surface area contributed by atoms with E-state index in [1.165, 1.54) is 12.4 Å². The first-order valence-corrected chi connectivity index (χ1v) is 11.2. The van der Waals surface area contributed by atoms with Crippen molar-refractivity contribution < 1.29 is 19.1 Å². The maximum absolute atomic E-state index is 13.1. The number of imide groups is 1. The molecule has 1 aromatic carbocycles. The fraction of sp³-hybridized carbons (Fsp3) is 0.200. The van der Waals surface area contributed by atoms with Crippen LogP contribution < -0.4 is 10.2 Å². The van der Waals surface area contributed by atoms with Gasteiger partial charge in [-0.3, -0.25) is 24.3 Å².